The Hall–Kier alpha value is -3.22. The van der Waals surface area contributed by atoms with Gasteiger partial charge < -0.3 is 24.3 Å². The van der Waals surface area contributed by atoms with E-state index >= 15 is 0 Å². The van der Waals surface area contributed by atoms with Crippen LogP contribution < -0.4 is 19.5 Å². The van der Waals surface area contributed by atoms with Gasteiger partial charge in [0, 0.05) is 12.5 Å². The van der Waals surface area contributed by atoms with E-state index in [2.05, 4.69) is 5.32 Å². The van der Waals surface area contributed by atoms with Crippen molar-refractivity contribution in [2.24, 2.45) is 0 Å². The fourth-order valence-electron chi connectivity index (χ4n) is 2.49. The van der Waals surface area contributed by atoms with Gasteiger partial charge in [-0.1, -0.05) is 12.1 Å². The van der Waals surface area contributed by atoms with Crippen LogP contribution in [0.4, 0.5) is 5.69 Å². The smallest absolute Gasteiger partial charge is 0.306 e. The molecule has 150 valence electrons. The van der Waals surface area contributed by atoms with Crippen molar-refractivity contribution in [1.29, 1.82) is 0 Å². The van der Waals surface area contributed by atoms with Crippen LogP contribution in [0.1, 0.15) is 18.9 Å². The average molecular weight is 387 g/mol. The monoisotopic (exact) mass is 387 g/mol. The highest BCUT2D eigenvalue weighted by Crippen LogP contribution is 2.29. The van der Waals surface area contributed by atoms with Crippen molar-refractivity contribution in [3.63, 3.8) is 0 Å². The Labute approximate surface area is 164 Å². The first-order chi connectivity index (χ1) is 13.5. The highest BCUT2D eigenvalue weighted by atomic mass is 16.5. The maximum absolute atomic E-state index is 12.4. The summed E-state index contributed by atoms with van der Waals surface area (Å²) in [4.78, 5) is 24.4. The van der Waals surface area contributed by atoms with Crippen LogP contribution in [0.2, 0.25) is 0 Å². The third kappa shape index (κ3) is 5.90. The van der Waals surface area contributed by atoms with E-state index in [9.17, 15) is 9.59 Å². The minimum Gasteiger partial charge on any atom is -0.497 e. The number of carbonyl (C=O) groups is 2. The van der Waals surface area contributed by atoms with Crippen LogP contribution in [0.15, 0.2) is 42.5 Å². The molecule has 1 N–H and O–H groups in total. The Morgan fingerprint density at radius 1 is 0.929 bits per heavy atom. The van der Waals surface area contributed by atoms with E-state index < -0.39 is 18.0 Å². The zero-order valence-electron chi connectivity index (χ0n) is 16.5. The first kappa shape index (κ1) is 21.1. The van der Waals surface area contributed by atoms with Gasteiger partial charge in [0.15, 0.2) is 6.10 Å². The summed E-state index contributed by atoms with van der Waals surface area (Å²) in [5.41, 5.74) is 1.42. The second-order valence-electron chi connectivity index (χ2n) is 6.04. The fourth-order valence-corrected chi connectivity index (χ4v) is 2.49. The fraction of sp³-hybridized carbons (Fsp3) is 0.333. The van der Waals surface area contributed by atoms with Crippen molar-refractivity contribution in [3.8, 4) is 17.2 Å². The molecule has 0 aliphatic carbocycles. The molecule has 0 heterocycles. The summed E-state index contributed by atoms with van der Waals surface area (Å²) in [6.45, 7) is 1.52. The lowest BCUT2D eigenvalue weighted by atomic mass is 10.1. The molecule has 0 aliphatic heterocycles. The van der Waals surface area contributed by atoms with Gasteiger partial charge in [-0.25, -0.2) is 0 Å². The van der Waals surface area contributed by atoms with Crippen LogP contribution in [0.3, 0.4) is 0 Å². The molecular weight excluding hydrogens is 362 g/mol. The molecule has 2 aromatic rings. The molecule has 2 rings (SSSR count). The van der Waals surface area contributed by atoms with Gasteiger partial charge in [-0.05, 0) is 43.2 Å². The van der Waals surface area contributed by atoms with Crippen molar-refractivity contribution in [2.45, 2.75) is 25.9 Å². The zero-order chi connectivity index (χ0) is 20.5. The number of hydrogen-bond donors (Lipinski definition) is 1. The number of hydrogen-bond acceptors (Lipinski definition) is 6. The summed E-state index contributed by atoms with van der Waals surface area (Å²) in [6, 6.07) is 12.5. The van der Waals surface area contributed by atoms with Gasteiger partial charge >= 0.3 is 5.97 Å². The summed E-state index contributed by atoms with van der Waals surface area (Å²) in [5, 5.41) is 2.69. The van der Waals surface area contributed by atoms with Gasteiger partial charge in [-0.2, -0.15) is 0 Å². The van der Waals surface area contributed by atoms with Gasteiger partial charge in [0.05, 0.1) is 27.0 Å². The maximum Gasteiger partial charge on any atom is 0.306 e. The van der Waals surface area contributed by atoms with Crippen LogP contribution in [-0.2, 0) is 20.7 Å². The molecule has 0 fully saturated rings. The number of esters is 1. The van der Waals surface area contributed by atoms with Crippen molar-refractivity contribution >= 4 is 17.6 Å². The third-order valence-electron chi connectivity index (χ3n) is 4.12. The minimum atomic E-state index is -0.945. The number of amides is 1. The first-order valence-corrected chi connectivity index (χ1v) is 8.82. The third-order valence-corrected chi connectivity index (χ3v) is 4.12. The molecule has 1 unspecified atom stereocenters. The number of methoxy groups -OCH3 is 3. The molecule has 7 nitrogen and oxygen atoms in total. The second kappa shape index (κ2) is 10.2. The molecule has 1 amide bonds. The number of ether oxygens (including phenoxy) is 4. The lowest BCUT2D eigenvalue weighted by molar-refractivity contribution is -0.153. The van der Waals surface area contributed by atoms with Crippen molar-refractivity contribution in [3.05, 3.63) is 48.0 Å². The highest BCUT2D eigenvalue weighted by Gasteiger charge is 2.19. The molecule has 0 aliphatic rings. The summed E-state index contributed by atoms with van der Waals surface area (Å²) in [6.07, 6.45) is -0.257. The molecule has 0 radical (unpaired) electrons. The van der Waals surface area contributed by atoms with Crippen LogP contribution in [0, 0.1) is 0 Å². The van der Waals surface area contributed by atoms with E-state index in [4.69, 9.17) is 18.9 Å². The van der Waals surface area contributed by atoms with E-state index in [1.165, 1.54) is 21.1 Å². The van der Waals surface area contributed by atoms with Crippen molar-refractivity contribution in [1.82, 2.24) is 0 Å². The number of anilines is 1. The lowest BCUT2D eigenvalue weighted by Gasteiger charge is -2.16. The highest BCUT2D eigenvalue weighted by molar-refractivity contribution is 5.96. The summed E-state index contributed by atoms with van der Waals surface area (Å²) >= 11 is 0. The molecule has 0 bridgehead atoms. The minimum absolute atomic E-state index is 0.173. The van der Waals surface area contributed by atoms with Gasteiger partial charge in [0.25, 0.3) is 5.91 Å². The largest absolute Gasteiger partial charge is 0.497 e. The second-order valence-corrected chi connectivity index (χ2v) is 6.04. The Kier molecular flexibility index (Phi) is 7.68. The standard InChI is InChI=1S/C21H25NO6/c1-14(21(24)22-18-13-17(26-3)10-11-19(18)27-4)28-20(23)12-7-15-5-8-16(25-2)9-6-15/h5-6,8-11,13-14H,7,12H2,1-4H3,(H,22,24). The molecule has 28 heavy (non-hydrogen) atoms. The molecule has 0 spiro atoms. The number of aryl methyl sites for hydroxylation is 1. The SMILES string of the molecule is COc1ccc(CCC(=O)OC(C)C(=O)Nc2cc(OC)ccc2OC)cc1. The van der Waals surface area contributed by atoms with Gasteiger partial charge in [-0.3, -0.25) is 9.59 Å². The van der Waals surface area contributed by atoms with Crippen LogP contribution in [-0.4, -0.2) is 39.3 Å². The predicted molar refractivity (Wildman–Crippen MR) is 105 cm³/mol. The number of rotatable bonds is 9. The molecule has 0 saturated carbocycles. The molecule has 2 aromatic carbocycles. The first-order valence-electron chi connectivity index (χ1n) is 8.82. The van der Waals surface area contributed by atoms with Crippen LogP contribution in [0.25, 0.3) is 0 Å². The van der Waals surface area contributed by atoms with E-state index in [1.54, 1.807) is 25.3 Å². The van der Waals surface area contributed by atoms with Crippen molar-refractivity contribution in [2.75, 3.05) is 26.6 Å². The van der Waals surface area contributed by atoms with Crippen molar-refractivity contribution < 1.29 is 28.5 Å². The van der Waals surface area contributed by atoms with Gasteiger partial charge in [-0.15, -0.1) is 0 Å². The Morgan fingerprint density at radius 2 is 1.57 bits per heavy atom. The van der Waals surface area contributed by atoms with Crippen LogP contribution >= 0.6 is 0 Å². The lowest BCUT2D eigenvalue weighted by Crippen LogP contribution is -2.30. The maximum atomic E-state index is 12.4. The zero-order valence-corrected chi connectivity index (χ0v) is 16.5. The number of carbonyl (C=O) groups excluding carboxylic acids is 2. The molecule has 0 saturated heterocycles. The number of nitrogens with one attached hydrogen (secondary N) is 1. The normalized spacial score (nSPS) is 11.3. The molecule has 0 aromatic heterocycles. The molecular formula is C21H25NO6. The van der Waals surface area contributed by atoms with E-state index in [1.807, 2.05) is 24.3 Å². The summed E-state index contributed by atoms with van der Waals surface area (Å²) in [7, 11) is 4.63. The summed E-state index contributed by atoms with van der Waals surface area (Å²) < 4.78 is 20.7. The quantitative estimate of drug-likeness (QED) is 0.665. The summed E-state index contributed by atoms with van der Waals surface area (Å²) in [5.74, 6) is 0.900. The Morgan fingerprint density at radius 3 is 2.18 bits per heavy atom. The Bertz CT molecular complexity index is 803. The van der Waals surface area contributed by atoms with Gasteiger partial charge in [0.1, 0.15) is 17.2 Å². The van der Waals surface area contributed by atoms with E-state index in [0.29, 0.717) is 23.6 Å². The van der Waals surface area contributed by atoms with Crippen LogP contribution in [0.5, 0.6) is 17.2 Å². The number of benzene rings is 2. The topological polar surface area (TPSA) is 83.1 Å². The van der Waals surface area contributed by atoms with E-state index in [-0.39, 0.29) is 6.42 Å². The average Bonchev–Trinajstić information content (AvgIpc) is 2.72. The molecule has 1 atom stereocenters. The predicted octanol–water partition coefficient (Wildman–Crippen LogP) is 3.22. The van der Waals surface area contributed by atoms with Gasteiger partial charge in [0.2, 0.25) is 0 Å². The van der Waals surface area contributed by atoms with E-state index in [0.717, 1.165) is 11.3 Å². The molecule has 7 heteroatoms. The Balaban J connectivity index is 1.88.